The Hall–Kier alpha value is -1.52. The number of hydrogen-bond donors (Lipinski definition) is 1. The Morgan fingerprint density at radius 2 is 2.05 bits per heavy atom. The molecule has 0 fully saturated rings. The van der Waals surface area contributed by atoms with Gasteiger partial charge in [-0.2, -0.15) is 0 Å². The third-order valence-electron chi connectivity index (χ3n) is 3.41. The molecule has 0 saturated carbocycles. The van der Waals surface area contributed by atoms with Crippen LogP contribution in [-0.4, -0.2) is 30.4 Å². The first-order valence-corrected chi connectivity index (χ1v) is 7.31. The molecule has 0 bridgehead atoms. The summed E-state index contributed by atoms with van der Waals surface area (Å²) in [7, 11) is 0. The molecule has 2 rings (SSSR count). The largest absolute Gasteiger partial charge is 0.494 e. The van der Waals surface area contributed by atoms with E-state index in [1.165, 1.54) is 10.9 Å². The van der Waals surface area contributed by atoms with E-state index in [4.69, 9.17) is 15.2 Å². The van der Waals surface area contributed by atoms with E-state index >= 15 is 0 Å². The van der Waals surface area contributed by atoms with E-state index in [1.807, 2.05) is 19.9 Å². The van der Waals surface area contributed by atoms with Gasteiger partial charge in [0.05, 0.1) is 12.7 Å². The van der Waals surface area contributed by atoms with Gasteiger partial charge in [-0.15, -0.1) is 0 Å². The van der Waals surface area contributed by atoms with Crippen LogP contribution in [0.15, 0.2) is 30.5 Å². The zero-order valence-corrected chi connectivity index (χ0v) is 12.3. The van der Waals surface area contributed by atoms with Crippen LogP contribution in [0.1, 0.15) is 20.3 Å². The van der Waals surface area contributed by atoms with Gasteiger partial charge in [0.1, 0.15) is 5.75 Å². The Bertz CT molecular complexity index is 536. The van der Waals surface area contributed by atoms with Gasteiger partial charge in [-0.3, -0.25) is 0 Å². The molecule has 1 atom stereocenters. The van der Waals surface area contributed by atoms with Gasteiger partial charge < -0.3 is 19.8 Å². The van der Waals surface area contributed by atoms with Crippen molar-refractivity contribution in [1.29, 1.82) is 0 Å². The van der Waals surface area contributed by atoms with E-state index in [-0.39, 0.29) is 6.10 Å². The average molecular weight is 276 g/mol. The third kappa shape index (κ3) is 3.52. The number of benzene rings is 1. The number of rotatable bonds is 8. The van der Waals surface area contributed by atoms with Gasteiger partial charge in [0.25, 0.3) is 0 Å². The number of ether oxygens (including phenoxy) is 2. The smallest absolute Gasteiger partial charge is 0.120 e. The summed E-state index contributed by atoms with van der Waals surface area (Å²) in [5.41, 5.74) is 6.94. The minimum absolute atomic E-state index is 0.139. The van der Waals surface area contributed by atoms with E-state index in [1.54, 1.807) is 0 Å². The summed E-state index contributed by atoms with van der Waals surface area (Å²) in [6.45, 7) is 6.89. The second-order valence-corrected chi connectivity index (χ2v) is 4.76. The second kappa shape index (κ2) is 7.31. The van der Waals surface area contributed by atoms with Crippen LogP contribution in [0.3, 0.4) is 0 Å². The van der Waals surface area contributed by atoms with Crippen LogP contribution in [0.25, 0.3) is 10.9 Å². The van der Waals surface area contributed by atoms with Crippen LogP contribution in [-0.2, 0) is 11.3 Å². The van der Waals surface area contributed by atoms with Gasteiger partial charge in [-0.1, -0.05) is 0 Å². The van der Waals surface area contributed by atoms with E-state index in [0.717, 1.165) is 18.7 Å². The van der Waals surface area contributed by atoms with E-state index < -0.39 is 0 Å². The van der Waals surface area contributed by atoms with E-state index in [9.17, 15) is 0 Å². The lowest BCUT2D eigenvalue weighted by molar-refractivity contribution is 0.0601. The summed E-state index contributed by atoms with van der Waals surface area (Å²) in [5.74, 6) is 0.923. The Morgan fingerprint density at radius 1 is 1.20 bits per heavy atom. The van der Waals surface area contributed by atoms with Gasteiger partial charge in [0, 0.05) is 36.8 Å². The summed E-state index contributed by atoms with van der Waals surface area (Å²) in [6, 6.07) is 8.33. The number of hydrogen-bond acceptors (Lipinski definition) is 3. The molecule has 0 amide bonds. The minimum atomic E-state index is 0.139. The average Bonchev–Trinajstić information content (AvgIpc) is 2.86. The minimum Gasteiger partial charge on any atom is -0.494 e. The Kier molecular flexibility index (Phi) is 5.44. The molecule has 0 aliphatic heterocycles. The highest BCUT2D eigenvalue weighted by Gasteiger charge is 2.08. The predicted octanol–water partition coefficient (Wildman–Crippen LogP) is 2.79. The third-order valence-corrected chi connectivity index (χ3v) is 3.41. The van der Waals surface area contributed by atoms with Crippen molar-refractivity contribution in [3.05, 3.63) is 30.5 Å². The second-order valence-electron chi connectivity index (χ2n) is 4.76. The molecule has 1 heterocycles. The van der Waals surface area contributed by atoms with E-state index in [2.05, 4.69) is 29.0 Å². The summed E-state index contributed by atoms with van der Waals surface area (Å²) in [5, 5.41) is 1.21. The molecule has 1 unspecified atom stereocenters. The summed E-state index contributed by atoms with van der Waals surface area (Å²) >= 11 is 0. The summed E-state index contributed by atoms with van der Waals surface area (Å²) < 4.78 is 13.4. The molecule has 0 spiro atoms. The van der Waals surface area contributed by atoms with Crippen molar-refractivity contribution in [1.82, 2.24) is 4.57 Å². The molecule has 4 heteroatoms. The molecule has 1 aromatic carbocycles. The molecule has 20 heavy (non-hydrogen) atoms. The maximum Gasteiger partial charge on any atom is 0.120 e. The number of nitrogens with zero attached hydrogens (tertiary/aromatic N) is 1. The Morgan fingerprint density at radius 3 is 2.75 bits per heavy atom. The standard InChI is InChI=1S/C16H24N2O2/c1-3-19-14-5-6-16-13(11-14)7-9-18(16)10-8-15(12-17)20-4-2/h5-7,9,11,15H,3-4,8,10,12,17H2,1-2H3. The molecule has 0 saturated heterocycles. The highest BCUT2D eigenvalue weighted by Crippen LogP contribution is 2.22. The quantitative estimate of drug-likeness (QED) is 0.806. The first-order chi connectivity index (χ1) is 9.78. The molecule has 0 aliphatic carbocycles. The maximum absolute atomic E-state index is 5.71. The first-order valence-electron chi connectivity index (χ1n) is 7.31. The Labute approximate surface area is 120 Å². The lowest BCUT2D eigenvalue weighted by Gasteiger charge is -2.15. The molecule has 2 N–H and O–H groups in total. The van der Waals surface area contributed by atoms with Gasteiger partial charge in [-0.05, 0) is 44.5 Å². The fraction of sp³-hybridized carbons (Fsp3) is 0.500. The summed E-state index contributed by atoms with van der Waals surface area (Å²) in [4.78, 5) is 0. The van der Waals surface area contributed by atoms with E-state index in [0.29, 0.717) is 19.8 Å². The fourth-order valence-electron chi connectivity index (χ4n) is 2.42. The lowest BCUT2D eigenvalue weighted by Crippen LogP contribution is -2.25. The van der Waals surface area contributed by atoms with Crippen LogP contribution in [0, 0.1) is 0 Å². The zero-order valence-electron chi connectivity index (χ0n) is 12.3. The van der Waals surface area contributed by atoms with Crippen molar-refractivity contribution < 1.29 is 9.47 Å². The zero-order chi connectivity index (χ0) is 14.4. The molecule has 0 aliphatic rings. The van der Waals surface area contributed by atoms with Crippen LogP contribution >= 0.6 is 0 Å². The van der Waals surface area contributed by atoms with Gasteiger partial charge in [-0.25, -0.2) is 0 Å². The highest BCUT2D eigenvalue weighted by molar-refractivity contribution is 5.81. The van der Waals surface area contributed by atoms with Crippen molar-refractivity contribution >= 4 is 10.9 Å². The number of nitrogens with two attached hydrogens (primary N) is 1. The molecule has 0 radical (unpaired) electrons. The highest BCUT2D eigenvalue weighted by atomic mass is 16.5. The molecule has 2 aromatic rings. The number of fused-ring (bicyclic) bond motifs is 1. The monoisotopic (exact) mass is 276 g/mol. The normalized spacial score (nSPS) is 12.8. The van der Waals surface area contributed by atoms with Crippen molar-refractivity contribution in [2.75, 3.05) is 19.8 Å². The van der Waals surface area contributed by atoms with Gasteiger partial charge >= 0.3 is 0 Å². The van der Waals surface area contributed by atoms with Crippen molar-refractivity contribution in [3.63, 3.8) is 0 Å². The number of aromatic nitrogens is 1. The van der Waals surface area contributed by atoms with Crippen LogP contribution in [0.5, 0.6) is 5.75 Å². The Balaban J connectivity index is 2.07. The molecular weight excluding hydrogens is 252 g/mol. The SMILES string of the molecule is CCOc1ccc2c(ccn2CCC(CN)OCC)c1. The maximum atomic E-state index is 5.71. The van der Waals surface area contributed by atoms with Crippen LogP contribution in [0.4, 0.5) is 0 Å². The molecule has 1 aromatic heterocycles. The van der Waals surface area contributed by atoms with Crippen molar-refractivity contribution in [2.45, 2.75) is 32.9 Å². The number of aryl methyl sites for hydroxylation is 1. The lowest BCUT2D eigenvalue weighted by atomic mass is 10.2. The topological polar surface area (TPSA) is 49.4 Å². The first kappa shape index (κ1) is 14.9. The molecule has 110 valence electrons. The molecule has 4 nitrogen and oxygen atoms in total. The van der Waals surface area contributed by atoms with Crippen molar-refractivity contribution in [2.24, 2.45) is 5.73 Å². The molecular formula is C16H24N2O2. The summed E-state index contributed by atoms with van der Waals surface area (Å²) in [6.07, 6.45) is 3.18. The van der Waals surface area contributed by atoms with Crippen LogP contribution in [0.2, 0.25) is 0 Å². The fourth-order valence-corrected chi connectivity index (χ4v) is 2.42. The predicted molar refractivity (Wildman–Crippen MR) is 82.2 cm³/mol. The van der Waals surface area contributed by atoms with Crippen LogP contribution < -0.4 is 10.5 Å². The van der Waals surface area contributed by atoms with Gasteiger partial charge in [0.15, 0.2) is 0 Å². The van der Waals surface area contributed by atoms with Crippen molar-refractivity contribution in [3.8, 4) is 5.75 Å². The van der Waals surface area contributed by atoms with Gasteiger partial charge in [0.2, 0.25) is 0 Å².